The van der Waals surface area contributed by atoms with Crippen LogP contribution in [-0.4, -0.2) is 11.3 Å². The van der Waals surface area contributed by atoms with Gasteiger partial charge in [0.05, 0.1) is 0 Å². The second kappa shape index (κ2) is 5.04. The minimum absolute atomic E-state index is 0.0500. The molecule has 0 amide bonds. The molecule has 0 unspecified atom stereocenters. The van der Waals surface area contributed by atoms with Gasteiger partial charge in [0.1, 0.15) is 0 Å². The fraction of sp³-hybridized carbons (Fsp3) is 0.538. The van der Waals surface area contributed by atoms with Gasteiger partial charge >= 0.3 is 0 Å². The first-order valence-electron chi connectivity index (χ1n) is 5.37. The summed E-state index contributed by atoms with van der Waals surface area (Å²) in [5.41, 5.74) is 8.60. The lowest BCUT2D eigenvalue weighted by Crippen LogP contribution is -2.32. The zero-order valence-corrected chi connectivity index (χ0v) is 10.9. The van der Waals surface area contributed by atoms with Crippen LogP contribution in [0, 0.1) is 13.8 Å². The molecule has 84 valence electrons. The summed E-state index contributed by atoms with van der Waals surface area (Å²) in [6, 6.07) is 6.61. The summed E-state index contributed by atoms with van der Waals surface area (Å²) in [6.07, 6.45) is 1.05. The zero-order chi connectivity index (χ0) is 11.5. The highest BCUT2D eigenvalue weighted by molar-refractivity contribution is 7.99. The molecule has 0 aliphatic rings. The predicted molar refractivity (Wildman–Crippen MR) is 69.5 cm³/mol. The first-order chi connectivity index (χ1) is 6.88. The van der Waals surface area contributed by atoms with Gasteiger partial charge < -0.3 is 5.73 Å². The lowest BCUT2D eigenvalue weighted by Gasteiger charge is -2.18. The Hall–Kier alpha value is -0.470. The largest absolute Gasteiger partial charge is 0.326 e. The Labute approximate surface area is 97.4 Å². The SMILES string of the molecule is Cc1ccc(SCCC(C)(C)N)c(C)c1. The van der Waals surface area contributed by atoms with Crippen LogP contribution < -0.4 is 5.73 Å². The van der Waals surface area contributed by atoms with Crippen LogP contribution >= 0.6 is 11.8 Å². The Bertz CT molecular complexity index is 326. The van der Waals surface area contributed by atoms with Crippen LogP contribution in [0.4, 0.5) is 0 Å². The monoisotopic (exact) mass is 223 g/mol. The van der Waals surface area contributed by atoms with E-state index in [4.69, 9.17) is 5.73 Å². The summed E-state index contributed by atoms with van der Waals surface area (Å²) in [4.78, 5) is 1.38. The summed E-state index contributed by atoms with van der Waals surface area (Å²) < 4.78 is 0. The molecule has 0 aliphatic heterocycles. The van der Waals surface area contributed by atoms with Crippen molar-refractivity contribution in [2.75, 3.05) is 5.75 Å². The summed E-state index contributed by atoms with van der Waals surface area (Å²) in [6.45, 7) is 8.46. The van der Waals surface area contributed by atoms with Crippen LogP contribution in [0.2, 0.25) is 0 Å². The van der Waals surface area contributed by atoms with Crippen LogP contribution in [0.15, 0.2) is 23.1 Å². The number of benzene rings is 1. The maximum Gasteiger partial charge on any atom is 0.0105 e. The highest BCUT2D eigenvalue weighted by Crippen LogP contribution is 2.25. The Morgan fingerprint density at radius 3 is 2.47 bits per heavy atom. The molecule has 0 spiro atoms. The number of thioether (sulfide) groups is 1. The van der Waals surface area contributed by atoms with Crippen molar-refractivity contribution < 1.29 is 0 Å². The molecule has 2 heteroatoms. The number of rotatable bonds is 4. The van der Waals surface area contributed by atoms with Gasteiger partial charge in [-0.2, -0.15) is 0 Å². The molecular weight excluding hydrogens is 202 g/mol. The third kappa shape index (κ3) is 4.72. The maximum absolute atomic E-state index is 5.95. The van der Waals surface area contributed by atoms with Crippen molar-refractivity contribution in [3.05, 3.63) is 29.3 Å². The van der Waals surface area contributed by atoms with Gasteiger partial charge in [0, 0.05) is 10.4 Å². The van der Waals surface area contributed by atoms with Crippen molar-refractivity contribution in [1.82, 2.24) is 0 Å². The summed E-state index contributed by atoms with van der Waals surface area (Å²) in [5, 5.41) is 0. The van der Waals surface area contributed by atoms with Crippen molar-refractivity contribution >= 4 is 11.8 Å². The van der Waals surface area contributed by atoms with Gasteiger partial charge in [-0.1, -0.05) is 17.7 Å². The van der Waals surface area contributed by atoms with Crippen LogP contribution in [0.3, 0.4) is 0 Å². The number of hydrogen-bond acceptors (Lipinski definition) is 2. The van der Waals surface area contributed by atoms with Crippen molar-refractivity contribution in [1.29, 1.82) is 0 Å². The van der Waals surface area contributed by atoms with Gasteiger partial charge in [0.15, 0.2) is 0 Å². The fourth-order valence-corrected chi connectivity index (χ4v) is 2.68. The molecule has 0 saturated carbocycles. The molecule has 0 radical (unpaired) electrons. The summed E-state index contributed by atoms with van der Waals surface area (Å²) in [5.74, 6) is 1.09. The van der Waals surface area contributed by atoms with E-state index in [9.17, 15) is 0 Å². The maximum atomic E-state index is 5.95. The molecule has 2 N–H and O–H groups in total. The van der Waals surface area contributed by atoms with E-state index in [0.29, 0.717) is 0 Å². The second-order valence-corrected chi connectivity index (χ2v) is 5.99. The fourth-order valence-electron chi connectivity index (χ4n) is 1.39. The average Bonchev–Trinajstić information content (AvgIpc) is 2.07. The van der Waals surface area contributed by atoms with Gasteiger partial charge in [-0.3, -0.25) is 0 Å². The van der Waals surface area contributed by atoms with E-state index in [-0.39, 0.29) is 5.54 Å². The molecule has 1 rings (SSSR count). The number of hydrogen-bond donors (Lipinski definition) is 1. The second-order valence-electron chi connectivity index (χ2n) is 4.86. The van der Waals surface area contributed by atoms with E-state index in [0.717, 1.165) is 12.2 Å². The average molecular weight is 223 g/mol. The third-order valence-electron chi connectivity index (χ3n) is 2.33. The van der Waals surface area contributed by atoms with E-state index < -0.39 is 0 Å². The Kier molecular flexibility index (Phi) is 4.23. The van der Waals surface area contributed by atoms with Crippen molar-refractivity contribution in [3.8, 4) is 0 Å². The van der Waals surface area contributed by atoms with E-state index in [1.807, 2.05) is 11.8 Å². The summed E-state index contributed by atoms with van der Waals surface area (Å²) >= 11 is 1.90. The molecule has 1 nitrogen and oxygen atoms in total. The lowest BCUT2D eigenvalue weighted by atomic mass is 10.0. The molecule has 0 saturated heterocycles. The minimum atomic E-state index is -0.0500. The minimum Gasteiger partial charge on any atom is -0.326 e. The zero-order valence-electron chi connectivity index (χ0n) is 10.1. The van der Waals surface area contributed by atoms with Crippen molar-refractivity contribution in [2.45, 2.75) is 44.6 Å². The molecule has 0 bridgehead atoms. The van der Waals surface area contributed by atoms with Crippen LogP contribution in [0.1, 0.15) is 31.4 Å². The third-order valence-corrected chi connectivity index (χ3v) is 3.51. The predicted octanol–water partition coefficient (Wildman–Crippen LogP) is 3.52. The highest BCUT2D eigenvalue weighted by atomic mass is 32.2. The first-order valence-corrected chi connectivity index (χ1v) is 6.36. The molecule has 1 aromatic carbocycles. The van der Waals surface area contributed by atoms with Crippen LogP contribution in [-0.2, 0) is 0 Å². The van der Waals surface area contributed by atoms with E-state index in [1.165, 1.54) is 16.0 Å². The van der Waals surface area contributed by atoms with Gasteiger partial charge in [-0.25, -0.2) is 0 Å². The molecule has 0 aromatic heterocycles. The molecular formula is C13H21NS. The van der Waals surface area contributed by atoms with Gasteiger partial charge in [0.2, 0.25) is 0 Å². The van der Waals surface area contributed by atoms with E-state index in [2.05, 4.69) is 45.9 Å². The summed E-state index contributed by atoms with van der Waals surface area (Å²) in [7, 11) is 0. The Morgan fingerprint density at radius 2 is 1.93 bits per heavy atom. The van der Waals surface area contributed by atoms with Gasteiger partial charge in [-0.05, 0) is 51.5 Å². The smallest absolute Gasteiger partial charge is 0.0105 e. The van der Waals surface area contributed by atoms with Gasteiger partial charge in [0.25, 0.3) is 0 Å². The highest BCUT2D eigenvalue weighted by Gasteiger charge is 2.10. The molecule has 0 atom stereocenters. The van der Waals surface area contributed by atoms with Crippen molar-refractivity contribution in [3.63, 3.8) is 0 Å². The Morgan fingerprint density at radius 1 is 1.27 bits per heavy atom. The number of aryl methyl sites for hydroxylation is 2. The van der Waals surface area contributed by atoms with Crippen LogP contribution in [0.5, 0.6) is 0 Å². The van der Waals surface area contributed by atoms with Crippen molar-refractivity contribution in [2.24, 2.45) is 5.73 Å². The molecule has 15 heavy (non-hydrogen) atoms. The standard InChI is InChI=1S/C13H21NS/c1-10-5-6-12(11(2)9-10)15-8-7-13(3,4)14/h5-6,9H,7-8,14H2,1-4H3. The van der Waals surface area contributed by atoms with Gasteiger partial charge in [-0.15, -0.1) is 11.8 Å². The van der Waals surface area contributed by atoms with Crippen LogP contribution in [0.25, 0.3) is 0 Å². The molecule has 1 aromatic rings. The lowest BCUT2D eigenvalue weighted by molar-refractivity contribution is 0.506. The van der Waals surface area contributed by atoms with E-state index in [1.54, 1.807) is 0 Å². The quantitative estimate of drug-likeness (QED) is 0.790. The first kappa shape index (κ1) is 12.6. The number of nitrogens with two attached hydrogens (primary N) is 1. The van der Waals surface area contributed by atoms with E-state index >= 15 is 0 Å². The Balaban J connectivity index is 2.51. The normalized spacial score (nSPS) is 11.8. The molecule has 0 heterocycles. The topological polar surface area (TPSA) is 26.0 Å². The molecule has 0 fully saturated rings. The molecule has 0 aliphatic carbocycles.